The zero-order chi connectivity index (χ0) is 17.2. The third kappa shape index (κ3) is 3.06. The van der Waals surface area contributed by atoms with Crippen LogP contribution in [0.1, 0.15) is 48.7 Å². The molecule has 5 heteroatoms. The van der Waals surface area contributed by atoms with E-state index < -0.39 is 0 Å². The molecule has 0 spiro atoms. The van der Waals surface area contributed by atoms with Crippen LogP contribution in [0.2, 0.25) is 0 Å². The normalized spacial score (nSPS) is 18.4. The topological polar surface area (TPSA) is 50.8 Å². The number of fused-ring (bicyclic) bond motifs is 1. The van der Waals surface area contributed by atoms with Crippen LogP contribution in [-0.4, -0.2) is 26.7 Å². The second-order valence-electron chi connectivity index (χ2n) is 6.78. The van der Waals surface area contributed by atoms with Crippen LogP contribution in [-0.2, 0) is 11.2 Å². The number of aromatic nitrogens is 2. The second kappa shape index (κ2) is 6.75. The van der Waals surface area contributed by atoms with Crippen molar-refractivity contribution in [2.45, 2.75) is 45.1 Å². The number of hydrogen-bond acceptors (Lipinski definition) is 3. The van der Waals surface area contributed by atoms with Gasteiger partial charge in [-0.3, -0.25) is 4.79 Å². The first-order valence-corrected chi connectivity index (χ1v) is 8.98. The van der Waals surface area contributed by atoms with E-state index in [0.717, 1.165) is 54.9 Å². The molecule has 0 unspecified atom stereocenters. The SMILES string of the molecule is Cc1cccn2c(CC(=O)N3CCCCC[C@H]3c3ccco3)cnc12. The van der Waals surface area contributed by atoms with Crippen LogP contribution in [0.15, 0.2) is 47.3 Å². The molecule has 4 heterocycles. The molecular formula is C20H23N3O2. The first-order chi connectivity index (χ1) is 12.2. The molecule has 3 aromatic heterocycles. The highest BCUT2D eigenvalue weighted by atomic mass is 16.3. The van der Waals surface area contributed by atoms with E-state index in [-0.39, 0.29) is 11.9 Å². The summed E-state index contributed by atoms with van der Waals surface area (Å²) in [5.74, 6) is 1.04. The lowest BCUT2D eigenvalue weighted by Crippen LogP contribution is -2.36. The van der Waals surface area contributed by atoms with Crippen molar-refractivity contribution in [1.29, 1.82) is 0 Å². The summed E-state index contributed by atoms with van der Waals surface area (Å²) in [4.78, 5) is 19.6. The van der Waals surface area contributed by atoms with Gasteiger partial charge in [-0.05, 0) is 43.5 Å². The minimum atomic E-state index is 0.0471. The predicted molar refractivity (Wildman–Crippen MR) is 95.3 cm³/mol. The molecule has 1 atom stereocenters. The van der Waals surface area contributed by atoms with Crippen molar-refractivity contribution in [2.24, 2.45) is 0 Å². The molecule has 0 radical (unpaired) electrons. The van der Waals surface area contributed by atoms with E-state index in [9.17, 15) is 4.79 Å². The van der Waals surface area contributed by atoms with Gasteiger partial charge in [0.05, 0.1) is 24.4 Å². The maximum absolute atomic E-state index is 13.1. The van der Waals surface area contributed by atoms with Crippen LogP contribution in [0, 0.1) is 6.92 Å². The fraction of sp³-hybridized carbons (Fsp3) is 0.400. The van der Waals surface area contributed by atoms with E-state index in [1.54, 1.807) is 6.26 Å². The average Bonchev–Trinajstić information content (AvgIpc) is 3.21. The highest BCUT2D eigenvalue weighted by molar-refractivity contribution is 5.79. The van der Waals surface area contributed by atoms with Crippen molar-refractivity contribution in [2.75, 3.05) is 6.54 Å². The Balaban J connectivity index is 1.60. The van der Waals surface area contributed by atoms with Crippen LogP contribution in [0.25, 0.3) is 5.65 Å². The second-order valence-corrected chi connectivity index (χ2v) is 6.78. The highest BCUT2D eigenvalue weighted by Crippen LogP contribution is 2.31. The number of carbonyl (C=O) groups excluding carboxylic acids is 1. The number of nitrogens with zero attached hydrogens (tertiary/aromatic N) is 3. The largest absolute Gasteiger partial charge is 0.467 e. The molecule has 1 aliphatic heterocycles. The van der Waals surface area contributed by atoms with Gasteiger partial charge in [0.2, 0.25) is 5.91 Å². The van der Waals surface area contributed by atoms with Crippen molar-refractivity contribution in [3.63, 3.8) is 0 Å². The van der Waals surface area contributed by atoms with Crippen LogP contribution < -0.4 is 0 Å². The molecule has 1 amide bonds. The van der Waals surface area contributed by atoms with Gasteiger partial charge < -0.3 is 13.7 Å². The fourth-order valence-electron chi connectivity index (χ4n) is 3.77. The summed E-state index contributed by atoms with van der Waals surface area (Å²) in [5, 5.41) is 0. The Morgan fingerprint density at radius 3 is 3.04 bits per heavy atom. The molecule has 0 N–H and O–H groups in total. The molecule has 130 valence electrons. The third-order valence-electron chi connectivity index (χ3n) is 5.08. The van der Waals surface area contributed by atoms with Crippen molar-refractivity contribution >= 4 is 11.6 Å². The van der Waals surface area contributed by atoms with Crippen molar-refractivity contribution in [3.8, 4) is 0 Å². The predicted octanol–water partition coefficient (Wildman–Crippen LogP) is 3.92. The van der Waals surface area contributed by atoms with Crippen LogP contribution in [0.5, 0.6) is 0 Å². The van der Waals surface area contributed by atoms with Gasteiger partial charge >= 0.3 is 0 Å². The van der Waals surface area contributed by atoms with Gasteiger partial charge in [0.15, 0.2) is 0 Å². The molecular weight excluding hydrogens is 314 g/mol. The maximum atomic E-state index is 13.1. The maximum Gasteiger partial charge on any atom is 0.229 e. The number of furan rings is 1. The van der Waals surface area contributed by atoms with Crippen molar-refractivity contribution in [3.05, 3.63) is 59.9 Å². The van der Waals surface area contributed by atoms with Crippen LogP contribution in [0.3, 0.4) is 0 Å². The number of carbonyl (C=O) groups is 1. The van der Waals surface area contributed by atoms with Gasteiger partial charge in [0, 0.05) is 18.9 Å². The van der Waals surface area contributed by atoms with E-state index in [2.05, 4.69) is 4.98 Å². The lowest BCUT2D eigenvalue weighted by molar-refractivity contribution is -0.133. The molecule has 0 bridgehead atoms. The zero-order valence-electron chi connectivity index (χ0n) is 14.5. The molecule has 3 aromatic rings. The first kappa shape index (κ1) is 15.9. The Labute approximate surface area is 147 Å². The van der Waals surface area contributed by atoms with Crippen LogP contribution in [0.4, 0.5) is 0 Å². The zero-order valence-corrected chi connectivity index (χ0v) is 14.5. The van der Waals surface area contributed by atoms with E-state index in [0.29, 0.717) is 6.42 Å². The summed E-state index contributed by atoms with van der Waals surface area (Å²) in [5.41, 5.74) is 2.97. The molecule has 1 fully saturated rings. The van der Waals surface area contributed by atoms with Gasteiger partial charge in [0.1, 0.15) is 11.4 Å². The van der Waals surface area contributed by atoms with Gasteiger partial charge in [-0.15, -0.1) is 0 Å². The Morgan fingerprint density at radius 2 is 2.20 bits per heavy atom. The highest BCUT2D eigenvalue weighted by Gasteiger charge is 2.29. The van der Waals surface area contributed by atoms with Crippen LogP contribution >= 0.6 is 0 Å². The molecule has 1 aliphatic rings. The lowest BCUT2D eigenvalue weighted by atomic mass is 10.1. The quantitative estimate of drug-likeness (QED) is 0.728. The number of aryl methyl sites for hydroxylation is 1. The Kier molecular flexibility index (Phi) is 4.30. The molecule has 4 rings (SSSR count). The first-order valence-electron chi connectivity index (χ1n) is 8.98. The number of amides is 1. The summed E-state index contributed by atoms with van der Waals surface area (Å²) in [7, 11) is 0. The smallest absolute Gasteiger partial charge is 0.229 e. The molecule has 25 heavy (non-hydrogen) atoms. The minimum Gasteiger partial charge on any atom is -0.467 e. The monoisotopic (exact) mass is 337 g/mol. The summed E-state index contributed by atoms with van der Waals surface area (Å²) in [6, 6.07) is 7.96. The summed E-state index contributed by atoms with van der Waals surface area (Å²) < 4.78 is 7.64. The van der Waals surface area contributed by atoms with E-state index >= 15 is 0 Å². The number of rotatable bonds is 3. The standard InChI is InChI=1S/C20H23N3O2/c1-15-7-5-11-22-16(14-21-20(15)22)13-19(24)23-10-4-2-3-8-17(23)18-9-6-12-25-18/h5-7,9,11-12,14,17H,2-4,8,10,13H2,1H3/t17-/m0/s1. The van der Waals surface area contributed by atoms with Crippen molar-refractivity contribution in [1.82, 2.24) is 14.3 Å². The lowest BCUT2D eigenvalue weighted by Gasteiger charge is -2.28. The number of pyridine rings is 1. The Morgan fingerprint density at radius 1 is 1.28 bits per heavy atom. The summed E-state index contributed by atoms with van der Waals surface area (Å²) in [6.07, 6.45) is 10.2. The number of hydrogen-bond donors (Lipinski definition) is 0. The fourth-order valence-corrected chi connectivity index (χ4v) is 3.77. The third-order valence-corrected chi connectivity index (χ3v) is 5.08. The van der Waals surface area contributed by atoms with Crippen molar-refractivity contribution < 1.29 is 9.21 Å². The van der Waals surface area contributed by atoms with Gasteiger partial charge in [-0.25, -0.2) is 4.98 Å². The molecule has 0 saturated carbocycles. The molecule has 0 aromatic carbocycles. The Bertz CT molecular complexity index is 866. The van der Waals surface area contributed by atoms with E-state index in [1.165, 1.54) is 0 Å². The van der Waals surface area contributed by atoms with E-state index in [4.69, 9.17) is 4.42 Å². The average molecular weight is 337 g/mol. The summed E-state index contributed by atoms with van der Waals surface area (Å²) >= 11 is 0. The number of likely N-dealkylation sites (tertiary alicyclic amines) is 1. The molecule has 0 aliphatic carbocycles. The molecule has 5 nitrogen and oxygen atoms in total. The molecule has 1 saturated heterocycles. The Hall–Kier alpha value is -2.56. The van der Waals surface area contributed by atoms with Gasteiger partial charge in [0.25, 0.3) is 0 Å². The van der Waals surface area contributed by atoms with Gasteiger partial charge in [-0.2, -0.15) is 0 Å². The number of imidazole rings is 1. The van der Waals surface area contributed by atoms with E-state index in [1.807, 2.05) is 52.9 Å². The minimum absolute atomic E-state index is 0.0471. The van der Waals surface area contributed by atoms with Gasteiger partial charge in [-0.1, -0.05) is 18.9 Å². The summed E-state index contributed by atoms with van der Waals surface area (Å²) in [6.45, 7) is 2.83.